The summed E-state index contributed by atoms with van der Waals surface area (Å²) >= 11 is 0. The van der Waals surface area contributed by atoms with Crippen LogP contribution in [0, 0.1) is 0 Å². The summed E-state index contributed by atoms with van der Waals surface area (Å²) in [4.78, 5) is 27.1. The molecule has 0 aliphatic rings. The van der Waals surface area contributed by atoms with Crippen molar-refractivity contribution in [1.82, 2.24) is 4.98 Å². The third kappa shape index (κ3) is 3.74. The van der Waals surface area contributed by atoms with Gasteiger partial charge in [-0.2, -0.15) is 0 Å². The van der Waals surface area contributed by atoms with Crippen molar-refractivity contribution < 1.29 is 9.59 Å². The molecule has 2 rings (SSSR count). The molecule has 1 aromatic carbocycles. The van der Waals surface area contributed by atoms with Crippen LogP contribution in [0.25, 0.3) is 0 Å². The highest BCUT2D eigenvalue weighted by atomic mass is 16.1. The number of nitrogens with zero attached hydrogens (tertiary/aromatic N) is 1. The number of aromatic nitrogens is 1. The topological polar surface area (TPSA) is 59.1 Å². The van der Waals surface area contributed by atoms with Gasteiger partial charge in [-0.15, -0.1) is 0 Å². The van der Waals surface area contributed by atoms with E-state index >= 15 is 0 Å². The Labute approximate surface area is 111 Å². The van der Waals surface area contributed by atoms with Gasteiger partial charge in [0.15, 0.2) is 5.78 Å². The number of hydrogen-bond donors (Lipinski definition) is 1. The molecule has 1 amide bonds. The van der Waals surface area contributed by atoms with Gasteiger partial charge in [0, 0.05) is 23.6 Å². The van der Waals surface area contributed by atoms with Gasteiger partial charge in [-0.25, -0.2) is 0 Å². The molecule has 0 unspecified atom stereocenters. The highest BCUT2D eigenvalue weighted by molar-refractivity contribution is 5.97. The predicted octanol–water partition coefficient (Wildman–Crippen LogP) is 2.47. The second-order valence-electron chi connectivity index (χ2n) is 4.22. The van der Waals surface area contributed by atoms with E-state index in [-0.39, 0.29) is 18.1 Å². The minimum Gasteiger partial charge on any atom is -0.326 e. The molecule has 0 bridgehead atoms. The van der Waals surface area contributed by atoms with Gasteiger partial charge in [-0.1, -0.05) is 18.2 Å². The summed E-state index contributed by atoms with van der Waals surface area (Å²) in [6, 6.07) is 10.5. The van der Waals surface area contributed by atoms with E-state index < -0.39 is 0 Å². The normalized spacial score (nSPS) is 9.95. The van der Waals surface area contributed by atoms with Crippen LogP contribution in [0.2, 0.25) is 0 Å². The lowest BCUT2D eigenvalue weighted by Gasteiger charge is -2.06. The van der Waals surface area contributed by atoms with Crippen molar-refractivity contribution in [3.63, 3.8) is 0 Å². The van der Waals surface area contributed by atoms with Crippen LogP contribution < -0.4 is 5.32 Å². The fourth-order valence-electron chi connectivity index (χ4n) is 1.71. The molecule has 0 fully saturated rings. The average Bonchev–Trinajstić information content (AvgIpc) is 2.40. The Bertz CT molecular complexity index is 594. The number of Topliss-reactive ketones (excluding diaryl/α,β-unsaturated/α-hetero) is 1. The molecule has 96 valence electrons. The van der Waals surface area contributed by atoms with E-state index in [9.17, 15) is 9.59 Å². The molecule has 0 saturated carbocycles. The van der Waals surface area contributed by atoms with Gasteiger partial charge in [0.25, 0.3) is 0 Å². The Kier molecular flexibility index (Phi) is 4.03. The number of carbonyl (C=O) groups excluding carboxylic acids is 2. The number of carbonyl (C=O) groups is 2. The summed E-state index contributed by atoms with van der Waals surface area (Å²) in [5, 5.41) is 2.77. The van der Waals surface area contributed by atoms with E-state index in [0.717, 1.165) is 5.56 Å². The van der Waals surface area contributed by atoms with E-state index in [1.807, 2.05) is 6.07 Å². The molecule has 2 aromatic rings. The summed E-state index contributed by atoms with van der Waals surface area (Å²) < 4.78 is 0. The molecular formula is C15H14N2O2. The standard InChI is InChI=1S/C15H14N2O2/c1-11(18)13-5-2-6-14(9-13)17-15(19)8-12-4-3-7-16-10-12/h2-7,9-10H,8H2,1H3,(H,17,19). The lowest BCUT2D eigenvalue weighted by Crippen LogP contribution is -2.14. The quantitative estimate of drug-likeness (QED) is 0.853. The van der Waals surface area contributed by atoms with Crippen molar-refractivity contribution in [3.05, 3.63) is 59.9 Å². The third-order valence-corrected chi connectivity index (χ3v) is 2.64. The van der Waals surface area contributed by atoms with Gasteiger partial charge >= 0.3 is 0 Å². The fraction of sp³-hybridized carbons (Fsp3) is 0.133. The van der Waals surface area contributed by atoms with Crippen molar-refractivity contribution in [3.8, 4) is 0 Å². The molecular weight excluding hydrogens is 240 g/mol. The first-order valence-electron chi connectivity index (χ1n) is 5.95. The summed E-state index contributed by atoms with van der Waals surface area (Å²) in [6.45, 7) is 1.50. The van der Waals surface area contributed by atoms with E-state index in [0.29, 0.717) is 11.3 Å². The number of pyridine rings is 1. The van der Waals surface area contributed by atoms with Crippen LogP contribution in [0.4, 0.5) is 5.69 Å². The maximum atomic E-state index is 11.8. The van der Waals surface area contributed by atoms with Gasteiger partial charge in [0.05, 0.1) is 6.42 Å². The number of hydrogen-bond acceptors (Lipinski definition) is 3. The zero-order chi connectivity index (χ0) is 13.7. The zero-order valence-corrected chi connectivity index (χ0v) is 10.6. The first-order valence-corrected chi connectivity index (χ1v) is 5.95. The molecule has 1 heterocycles. The van der Waals surface area contributed by atoms with Gasteiger partial charge in [-0.05, 0) is 30.7 Å². The second-order valence-corrected chi connectivity index (χ2v) is 4.22. The van der Waals surface area contributed by atoms with Crippen LogP contribution in [0.3, 0.4) is 0 Å². The summed E-state index contributed by atoms with van der Waals surface area (Å²) in [5.41, 5.74) is 2.06. The molecule has 0 radical (unpaired) electrons. The summed E-state index contributed by atoms with van der Waals surface area (Å²) in [5.74, 6) is -0.155. The molecule has 0 aliphatic carbocycles. The number of nitrogens with one attached hydrogen (secondary N) is 1. The highest BCUT2D eigenvalue weighted by Crippen LogP contribution is 2.11. The Hall–Kier alpha value is -2.49. The lowest BCUT2D eigenvalue weighted by atomic mass is 10.1. The van der Waals surface area contributed by atoms with Crippen molar-refractivity contribution in [2.75, 3.05) is 5.32 Å². The van der Waals surface area contributed by atoms with E-state index in [2.05, 4.69) is 10.3 Å². The average molecular weight is 254 g/mol. The maximum absolute atomic E-state index is 11.8. The number of benzene rings is 1. The summed E-state index contributed by atoms with van der Waals surface area (Å²) in [6.07, 6.45) is 3.58. The second kappa shape index (κ2) is 5.91. The molecule has 0 aliphatic heterocycles. The Morgan fingerprint density at radius 2 is 2.05 bits per heavy atom. The van der Waals surface area contributed by atoms with Gasteiger partial charge in [-0.3, -0.25) is 14.6 Å². The van der Waals surface area contributed by atoms with Gasteiger partial charge in [0.2, 0.25) is 5.91 Å². The number of rotatable bonds is 4. The van der Waals surface area contributed by atoms with Gasteiger partial charge in [0.1, 0.15) is 0 Å². The van der Waals surface area contributed by atoms with Crippen molar-refractivity contribution in [2.45, 2.75) is 13.3 Å². The largest absolute Gasteiger partial charge is 0.326 e. The monoisotopic (exact) mass is 254 g/mol. The minimum absolute atomic E-state index is 0.0247. The van der Waals surface area contributed by atoms with Crippen LogP contribution in [-0.2, 0) is 11.2 Å². The fourth-order valence-corrected chi connectivity index (χ4v) is 1.71. The maximum Gasteiger partial charge on any atom is 0.228 e. The van der Waals surface area contributed by atoms with Crippen LogP contribution in [0.5, 0.6) is 0 Å². The number of amides is 1. The smallest absolute Gasteiger partial charge is 0.228 e. The lowest BCUT2D eigenvalue weighted by molar-refractivity contribution is -0.115. The molecule has 1 N–H and O–H groups in total. The molecule has 0 atom stereocenters. The van der Waals surface area contributed by atoms with E-state index in [1.54, 1.807) is 42.7 Å². The summed E-state index contributed by atoms with van der Waals surface area (Å²) in [7, 11) is 0. The third-order valence-electron chi connectivity index (χ3n) is 2.64. The Morgan fingerprint density at radius 3 is 2.74 bits per heavy atom. The Morgan fingerprint density at radius 1 is 1.21 bits per heavy atom. The first-order chi connectivity index (χ1) is 9.15. The zero-order valence-electron chi connectivity index (χ0n) is 10.6. The van der Waals surface area contributed by atoms with Crippen LogP contribution in [0.1, 0.15) is 22.8 Å². The highest BCUT2D eigenvalue weighted by Gasteiger charge is 2.05. The minimum atomic E-state index is -0.131. The van der Waals surface area contributed by atoms with Crippen LogP contribution in [-0.4, -0.2) is 16.7 Å². The van der Waals surface area contributed by atoms with Crippen LogP contribution >= 0.6 is 0 Å². The molecule has 19 heavy (non-hydrogen) atoms. The SMILES string of the molecule is CC(=O)c1cccc(NC(=O)Cc2cccnc2)c1. The number of anilines is 1. The Balaban J connectivity index is 2.03. The number of ketones is 1. The molecule has 1 aromatic heterocycles. The van der Waals surface area contributed by atoms with Crippen molar-refractivity contribution in [1.29, 1.82) is 0 Å². The molecule has 4 heteroatoms. The predicted molar refractivity (Wildman–Crippen MR) is 73.0 cm³/mol. The molecule has 4 nitrogen and oxygen atoms in total. The molecule has 0 spiro atoms. The van der Waals surface area contributed by atoms with E-state index in [1.165, 1.54) is 6.92 Å². The van der Waals surface area contributed by atoms with Crippen molar-refractivity contribution >= 4 is 17.4 Å². The van der Waals surface area contributed by atoms with Gasteiger partial charge < -0.3 is 5.32 Å². The van der Waals surface area contributed by atoms with E-state index in [4.69, 9.17) is 0 Å². The molecule has 0 saturated heterocycles. The van der Waals surface area contributed by atoms with Crippen LogP contribution in [0.15, 0.2) is 48.8 Å². The first kappa shape index (κ1) is 13.0. The van der Waals surface area contributed by atoms with Crippen molar-refractivity contribution in [2.24, 2.45) is 0 Å².